The molecule has 4 nitrogen and oxygen atoms in total. The van der Waals surface area contributed by atoms with Crippen LogP contribution in [0.2, 0.25) is 0 Å². The summed E-state index contributed by atoms with van der Waals surface area (Å²) in [7, 11) is 0. The van der Waals surface area contributed by atoms with Crippen LogP contribution < -0.4 is 11.1 Å². The summed E-state index contributed by atoms with van der Waals surface area (Å²) in [6, 6.07) is 12.2. The molecule has 0 spiro atoms. The zero-order valence-corrected chi connectivity index (χ0v) is 14.5. The summed E-state index contributed by atoms with van der Waals surface area (Å²) < 4.78 is 1.67. The van der Waals surface area contributed by atoms with E-state index in [1.807, 2.05) is 12.1 Å². The lowest BCUT2D eigenvalue weighted by atomic mass is 10.1. The van der Waals surface area contributed by atoms with Gasteiger partial charge in [0.25, 0.3) is 0 Å². The topological polar surface area (TPSA) is 72.2 Å². The minimum absolute atomic E-state index is 0.252. The molecule has 0 radical (unpaired) electrons. The standard InChI is InChI=1S/C16H12Br2N2O2/c17-12-6-7-13(18)14(9-12)20-15(21)8-3-10-1-4-11(5-2-10)16(19)22/h1-9H,(H2,19,22)(H,20,21)/b8-3-. The SMILES string of the molecule is NC(=O)c1ccc(/C=C\C(=O)Nc2cc(Br)ccc2Br)cc1. The lowest BCUT2D eigenvalue weighted by Crippen LogP contribution is -2.10. The van der Waals surface area contributed by atoms with Gasteiger partial charge in [0.05, 0.1) is 5.69 Å². The van der Waals surface area contributed by atoms with Crippen LogP contribution in [0.4, 0.5) is 5.69 Å². The van der Waals surface area contributed by atoms with Crippen molar-refractivity contribution < 1.29 is 9.59 Å². The van der Waals surface area contributed by atoms with Crippen LogP contribution in [0, 0.1) is 0 Å². The molecule has 0 aliphatic heterocycles. The van der Waals surface area contributed by atoms with E-state index in [1.54, 1.807) is 36.4 Å². The molecule has 0 saturated carbocycles. The number of benzene rings is 2. The Kier molecular flexibility index (Phi) is 5.51. The Labute approximate surface area is 144 Å². The van der Waals surface area contributed by atoms with Gasteiger partial charge in [-0.05, 0) is 57.9 Å². The number of nitrogens with two attached hydrogens (primary N) is 1. The number of carbonyl (C=O) groups is 2. The van der Waals surface area contributed by atoms with E-state index >= 15 is 0 Å². The molecular formula is C16H12Br2N2O2. The number of halogens is 2. The van der Waals surface area contributed by atoms with Crippen molar-refractivity contribution >= 4 is 55.4 Å². The van der Waals surface area contributed by atoms with Gasteiger partial charge in [0, 0.05) is 20.6 Å². The van der Waals surface area contributed by atoms with E-state index in [0.717, 1.165) is 14.5 Å². The van der Waals surface area contributed by atoms with E-state index in [-0.39, 0.29) is 5.91 Å². The van der Waals surface area contributed by atoms with Crippen molar-refractivity contribution in [3.63, 3.8) is 0 Å². The fraction of sp³-hybridized carbons (Fsp3) is 0. The molecule has 2 aromatic carbocycles. The number of primary amides is 1. The Bertz CT molecular complexity index is 740. The van der Waals surface area contributed by atoms with E-state index in [2.05, 4.69) is 37.2 Å². The summed E-state index contributed by atoms with van der Waals surface area (Å²) in [5, 5.41) is 2.77. The van der Waals surface area contributed by atoms with E-state index in [1.165, 1.54) is 6.08 Å². The third-order valence-corrected chi connectivity index (χ3v) is 3.99. The third kappa shape index (κ3) is 4.54. The monoisotopic (exact) mass is 422 g/mol. The molecule has 2 rings (SSSR count). The maximum atomic E-state index is 11.9. The molecule has 0 aliphatic rings. The van der Waals surface area contributed by atoms with Gasteiger partial charge >= 0.3 is 0 Å². The highest BCUT2D eigenvalue weighted by Crippen LogP contribution is 2.26. The first-order valence-electron chi connectivity index (χ1n) is 6.29. The van der Waals surface area contributed by atoms with E-state index in [0.29, 0.717) is 11.3 Å². The van der Waals surface area contributed by atoms with Gasteiger partial charge in [-0.1, -0.05) is 28.1 Å². The summed E-state index contributed by atoms with van der Waals surface area (Å²) in [5.41, 5.74) is 7.07. The molecule has 0 heterocycles. The summed E-state index contributed by atoms with van der Waals surface area (Å²) in [6.07, 6.45) is 3.08. The third-order valence-electron chi connectivity index (χ3n) is 2.81. The summed E-state index contributed by atoms with van der Waals surface area (Å²) >= 11 is 6.73. The Morgan fingerprint density at radius 1 is 1.05 bits per heavy atom. The smallest absolute Gasteiger partial charge is 0.248 e. The molecule has 0 aromatic heterocycles. The van der Waals surface area contributed by atoms with Gasteiger partial charge in [0.1, 0.15) is 0 Å². The average Bonchev–Trinajstić information content (AvgIpc) is 2.49. The molecule has 2 amide bonds. The Morgan fingerprint density at radius 2 is 1.73 bits per heavy atom. The van der Waals surface area contributed by atoms with Gasteiger partial charge < -0.3 is 11.1 Å². The predicted molar refractivity (Wildman–Crippen MR) is 94.5 cm³/mol. The predicted octanol–water partition coefficient (Wildman–Crippen LogP) is 3.96. The van der Waals surface area contributed by atoms with Gasteiger partial charge in [-0.15, -0.1) is 0 Å². The van der Waals surface area contributed by atoms with Crippen LogP contribution >= 0.6 is 31.9 Å². The van der Waals surface area contributed by atoms with Crippen molar-refractivity contribution in [2.24, 2.45) is 5.73 Å². The van der Waals surface area contributed by atoms with Crippen LogP contribution in [0.3, 0.4) is 0 Å². The van der Waals surface area contributed by atoms with Gasteiger partial charge in [-0.2, -0.15) is 0 Å². The molecule has 0 aliphatic carbocycles. The quantitative estimate of drug-likeness (QED) is 0.730. The molecule has 0 atom stereocenters. The van der Waals surface area contributed by atoms with Gasteiger partial charge in [-0.3, -0.25) is 9.59 Å². The lowest BCUT2D eigenvalue weighted by molar-refractivity contribution is -0.111. The number of hydrogen-bond donors (Lipinski definition) is 2. The molecule has 0 saturated heterocycles. The second-order valence-electron chi connectivity index (χ2n) is 4.43. The first kappa shape index (κ1) is 16.5. The first-order chi connectivity index (χ1) is 10.5. The zero-order chi connectivity index (χ0) is 16.1. The van der Waals surface area contributed by atoms with Crippen molar-refractivity contribution in [3.8, 4) is 0 Å². The van der Waals surface area contributed by atoms with Gasteiger partial charge in [0.15, 0.2) is 0 Å². The summed E-state index contributed by atoms with van der Waals surface area (Å²) in [6.45, 7) is 0. The summed E-state index contributed by atoms with van der Waals surface area (Å²) in [4.78, 5) is 22.9. The average molecular weight is 424 g/mol. The molecule has 112 valence electrons. The number of nitrogens with one attached hydrogen (secondary N) is 1. The fourth-order valence-electron chi connectivity index (χ4n) is 1.70. The maximum Gasteiger partial charge on any atom is 0.248 e. The molecule has 6 heteroatoms. The van der Waals surface area contributed by atoms with Crippen molar-refractivity contribution in [2.75, 3.05) is 5.32 Å². The molecule has 3 N–H and O–H groups in total. The number of amides is 2. The van der Waals surface area contributed by atoms with Crippen LogP contribution in [-0.4, -0.2) is 11.8 Å². The number of rotatable bonds is 4. The fourth-order valence-corrected chi connectivity index (χ4v) is 2.40. The highest BCUT2D eigenvalue weighted by atomic mass is 79.9. The van der Waals surface area contributed by atoms with Crippen LogP contribution in [0.15, 0.2) is 57.5 Å². The Morgan fingerprint density at radius 3 is 2.36 bits per heavy atom. The Balaban J connectivity index is 2.05. The largest absolute Gasteiger partial charge is 0.366 e. The minimum Gasteiger partial charge on any atom is -0.366 e. The van der Waals surface area contributed by atoms with Crippen molar-refractivity contribution in [2.45, 2.75) is 0 Å². The van der Waals surface area contributed by atoms with E-state index in [9.17, 15) is 9.59 Å². The highest BCUT2D eigenvalue weighted by molar-refractivity contribution is 9.11. The Hall–Kier alpha value is -1.92. The van der Waals surface area contributed by atoms with Crippen molar-refractivity contribution in [1.82, 2.24) is 0 Å². The first-order valence-corrected chi connectivity index (χ1v) is 7.88. The second kappa shape index (κ2) is 7.38. The normalized spacial score (nSPS) is 10.6. The molecule has 2 aromatic rings. The second-order valence-corrected chi connectivity index (χ2v) is 6.20. The van der Waals surface area contributed by atoms with Crippen molar-refractivity contribution in [3.05, 3.63) is 68.6 Å². The van der Waals surface area contributed by atoms with Crippen molar-refractivity contribution in [1.29, 1.82) is 0 Å². The van der Waals surface area contributed by atoms with Gasteiger partial charge in [0.2, 0.25) is 11.8 Å². The molecule has 22 heavy (non-hydrogen) atoms. The lowest BCUT2D eigenvalue weighted by Gasteiger charge is -2.05. The highest BCUT2D eigenvalue weighted by Gasteiger charge is 2.04. The number of hydrogen-bond acceptors (Lipinski definition) is 2. The van der Waals surface area contributed by atoms with E-state index < -0.39 is 5.91 Å². The van der Waals surface area contributed by atoms with Crippen LogP contribution in [0.25, 0.3) is 6.08 Å². The number of carbonyl (C=O) groups excluding carboxylic acids is 2. The summed E-state index contributed by atoms with van der Waals surface area (Å²) in [5.74, 6) is -0.731. The molecular weight excluding hydrogens is 412 g/mol. The van der Waals surface area contributed by atoms with Crippen LogP contribution in [-0.2, 0) is 4.79 Å². The van der Waals surface area contributed by atoms with E-state index in [4.69, 9.17) is 5.73 Å². The number of anilines is 1. The zero-order valence-electron chi connectivity index (χ0n) is 11.3. The van der Waals surface area contributed by atoms with Crippen LogP contribution in [0.5, 0.6) is 0 Å². The minimum atomic E-state index is -0.479. The van der Waals surface area contributed by atoms with Gasteiger partial charge in [-0.25, -0.2) is 0 Å². The van der Waals surface area contributed by atoms with Crippen LogP contribution in [0.1, 0.15) is 15.9 Å². The molecule has 0 fully saturated rings. The molecule has 0 bridgehead atoms. The molecule has 0 unspecified atom stereocenters. The maximum absolute atomic E-state index is 11.9.